The first kappa shape index (κ1) is 25.9. The van der Waals surface area contributed by atoms with E-state index in [9.17, 15) is 39.2 Å². The number of sulfone groups is 1. The lowest BCUT2D eigenvalue weighted by atomic mass is 9.77. The van der Waals surface area contributed by atoms with Gasteiger partial charge in [0, 0.05) is 11.6 Å². The Morgan fingerprint density at radius 1 is 0.943 bits per heavy atom. The highest BCUT2D eigenvalue weighted by Crippen LogP contribution is 2.55. The van der Waals surface area contributed by atoms with Gasteiger partial charge in [0.1, 0.15) is 4.75 Å². The van der Waals surface area contributed by atoms with Crippen molar-refractivity contribution < 1.29 is 39.2 Å². The number of halogens is 7. The minimum atomic E-state index is -6.24. The Bertz CT molecular complexity index is 1210. The first-order chi connectivity index (χ1) is 16.1. The predicted molar refractivity (Wildman–Crippen MR) is 115 cm³/mol. The highest BCUT2D eigenvalue weighted by Gasteiger charge is 2.73. The van der Waals surface area contributed by atoms with Gasteiger partial charge in [-0.05, 0) is 60.5 Å². The Morgan fingerprint density at radius 3 is 2.09 bits per heavy atom. The molecular formula is C24H24F7NO2S. The second-order valence-electron chi connectivity index (χ2n) is 9.44. The molecule has 1 heterocycles. The van der Waals surface area contributed by atoms with Crippen molar-refractivity contribution in [1.29, 1.82) is 0 Å². The third-order valence-corrected chi connectivity index (χ3v) is 9.79. The molecule has 1 fully saturated rings. The van der Waals surface area contributed by atoms with Crippen molar-refractivity contribution in [2.45, 2.75) is 72.7 Å². The summed E-state index contributed by atoms with van der Waals surface area (Å²) >= 11 is 0. The van der Waals surface area contributed by atoms with Crippen molar-refractivity contribution in [1.82, 2.24) is 5.32 Å². The number of rotatable bonds is 4. The van der Waals surface area contributed by atoms with Gasteiger partial charge in [0.2, 0.25) is 0 Å². The molecule has 11 heteroatoms. The predicted octanol–water partition coefficient (Wildman–Crippen LogP) is 6.08. The van der Waals surface area contributed by atoms with Gasteiger partial charge in [-0.25, -0.2) is 12.8 Å². The van der Waals surface area contributed by atoms with Gasteiger partial charge < -0.3 is 5.32 Å². The molecule has 0 spiro atoms. The fourth-order valence-electron chi connectivity index (χ4n) is 5.35. The van der Waals surface area contributed by atoms with Crippen LogP contribution in [-0.2, 0) is 26.7 Å². The van der Waals surface area contributed by atoms with Crippen molar-refractivity contribution in [3.05, 3.63) is 64.7 Å². The van der Waals surface area contributed by atoms with Crippen molar-refractivity contribution in [2.75, 3.05) is 6.54 Å². The minimum Gasteiger partial charge on any atom is -0.312 e. The van der Waals surface area contributed by atoms with Gasteiger partial charge in [0.15, 0.2) is 9.84 Å². The summed E-state index contributed by atoms with van der Waals surface area (Å²) in [6.07, 6.45) is -12.2. The van der Waals surface area contributed by atoms with Crippen molar-refractivity contribution in [2.24, 2.45) is 0 Å². The number of benzene rings is 2. The van der Waals surface area contributed by atoms with Crippen LogP contribution in [0, 0.1) is 0 Å². The molecule has 0 saturated carbocycles. The van der Waals surface area contributed by atoms with Gasteiger partial charge >= 0.3 is 18.0 Å². The highest BCUT2D eigenvalue weighted by molar-refractivity contribution is 7.92. The van der Waals surface area contributed by atoms with Crippen molar-refractivity contribution >= 4 is 9.84 Å². The topological polar surface area (TPSA) is 46.2 Å². The van der Waals surface area contributed by atoms with Crippen LogP contribution in [0.15, 0.2) is 47.4 Å². The summed E-state index contributed by atoms with van der Waals surface area (Å²) in [5.74, 6) is 0.155. The molecule has 2 aliphatic rings. The Balaban J connectivity index is 1.89. The zero-order valence-corrected chi connectivity index (χ0v) is 19.7. The van der Waals surface area contributed by atoms with E-state index in [1.54, 1.807) is 12.1 Å². The summed E-state index contributed by atoms with van der Waals surface area (Å²) in [5, 5.41) is 3.13. The average molecular weight is 524 g/mol. The molecule has 0 aromatic heterocycles. The third-order valence-electron chi connectivity index (χ3n) is 7.23. The lowest BCUT2D eigenvalue weighted by Crippen LogP contribution is -2.51. The lowest BCUT2D eigenvalue weighted by molar-refractivity contribution is -0.348. The number of alkyl halides is 7. The van der Waals surface area contributed by atoms with Crippen LogP contribution < -0.4 is 5.32 Å². The van der Waals surface area contributed by atoms with Crippen LogP contribution in [0.3, 0.4) is 0 Å². The normalized spacial score (nSPS) is 23.3. The van der Waals surface area contributed by atoms with E-state index in [0.29, 0.717) is 18.7 Å². The van der Waals surface area contributed by atoms with E-state index in [0.717, 1.165) is 11.6 Å². The van der Waals surface area contributed by atoms with Gasteiger partial charge in [-0.1, -0.05) is 44.2 Å². The third kappa shape index (κ3) is 3.68. The molecular weight excluding hydrogens is 499 g/mol. The van der Waals surface area contributed by atoms with E-state index < -0.39 is 44.2 Å². The molecule has 1 aliphatic heterocycles. The molecule has 0 radical (unpaired) electrons. The fourth-order valence-corrected chi connectivity index (χ4v) is 7.70. The van der Waals surface area contributed by atoms with Crippen LogP contribution in [0.1, 0.15) is 54.9 Å². The van der Waals surface area contributed by atoms with Gasteiger partial charge in [-0.3, -0.25) is 0 Å². The number of hydrogen-bond donors (Lipinski definition) is 1. The molecule has 35 heavy (non-hydrogen) atoms. The van der Waals surface area contributed by atoms with E-state index >= 15 is 0 Å². The van der Waals surface area contributed by atoms with Gasteiger partial charge in [0.25, 0.3) is 0 Å². The molecule has 192 valence electrons. The summed E-state index contributed by atoms with van der Waals surface area (Å²) in [5.41, 5.74) is -6.18. The van der Waals surface area contributed by atoms with Crippen LogP contribution in [0.25, 0.3) is 0 Å². The molecule has 0 amide bonds. The summed E-state index contributed by atoms with van der Waals surface area (Å²) in [6, 6.07) is 7.59. The summed E-state index contributed by atoms with van der Waals surface area (Å²) in [4.78, 5) is 0.0120. The highest BCUT2D eigenvalue weighted by atomic mass is 32.2. The Kier molecular flexibility index (Phi) is 6.07. The maximum absolute atomic E-state index is 14.7. The van der Waals surface area contributed by atoms with Crippen molar-refractivity contribution in [3.63, 3.8) is 0 Å². The number of fused-ring (bicyclic) bond motifs is 3. The quantitative estimate of drug-likeness (QED) is 0.495. The summed E-state index contributed by atoms with van der Waals surface area (Å²) < 4.78 is 121. The first-order valence-corrected chi connectivity index (χ1v) is 12.6. The maximum Gasteiger partial charge on any atom is 0.435 e. The zero-order valence-electron chi connectivity index (χ0n) is 18.9. The van der Waals surface area contributed by atoms with Crippen LogP contribution in [0.5, 0.6) is 0 Å². The monoisotopic (exact) mass is 523 g/mol. The van der Waals surface area contributed by atoms with Crippen LogP contribution in [0.2, 0.25) is 0 Å². The van der Waals surface area contributed by atoms with E-state index in [1.165, 1.54) is 12.1 Å². The van der Waals surface area contributed by atoms with Crippen molar-refractivity contribution in [3.8, 4) is 0 Å². The second-order valence-corrected chi connectivity index (χ2v) is 11.6. The first-order valence-electron chi connectivity index (χ1n) is 11.1. The average Bonchev–Trinajstić information content (AvgIpc) is 3.23. The number of nitrogens with one attached hydrogen (secondary N) is 1. The van der Waals surface area contributed by atoms with E-state index in [2.05, 4.69) is 5.32 Å². The van der Waals surface area contributed by atoms with Gasteiger partial charge in [0.05, 0.1) is 4.90 Å². The standard InChI is InChI=1S/C24H24F7NO2S/c1-14(2)15-3-7-18(8-4-15)35(33,34)21-11-12-32-20(21)10-5-16-13-17(6-9-19(16)21)22(25,23(26,27)28)24(29,30)31/h3-4,6-9,13-14,20,32H,5,10-12H2,1-2H3. The maximum atomic E-state index is 14.7. The molecule has 2 aromatic rings. The summed E-state index contributed by atoms with van der Waals surface area (Å²) in [7, 11) is -4.12. The second kappa shape index (κ2) is 8.19. The van der Waals surface area contributed by atoms with Crippen LogP contribution in [0.4, 0.5) is 30.7 Å². The molecule has 4 rings (SSSR count). The molecule has 2 aromatic carbocycles. The number of aryl methyl sites for hydroxylation is 1. The molecule has 1 aliphatic carbocycles. The zero-order chi connectivity index (χ0) is 26.0. The fraction of sp³-hybridized carbons (Fsp3) is 0.500. The Labute approximate surface area is 198 Å². The lowest BCUT2D eigenvalue weighted by Gasteiger charge is -2.41. The molecule has 2 atom stereocenters. The Morgan fingerprint density at radius 2 is 1.54 bits per heavy atom. The van der Waals surface area contributed by atoms with E-state index in [4.69, 9.17) is 0 Å². The summed E-state index contributed by atoms with van der Waals surface area (Å²) in [6.45, 7) is 4.19. The minimum absolute atomic E-state index is 0.0101. The van der Waals surface area contributed by atoms with Gasteiger partial charge in [-0.15, -0.1) is 0 Å². The largest absolute Gasteiger partial charge is 0.435 e. The SMILES string of the molecule is CC(C)c1ccc(S(=O)(=O)C23CCNC2CCc2cc(C(F)(C(F)(F)F)C(F)(F)F)ccc23)cc1. The van der Waals surface area contributed by atoms with E-state index in [1.807, 2.05) is 13.8 Å². The molecule has 3 nitrogen and oxygen atoms in total. The van der Waals surface area contributed by atoms with Gasteiger partial charge in [-0.2, -0.15) is 26.3 Å². The molecule has 1 saturated heterocycles. The number of hydrogen-bond acceptors (Lipinski definition) is 3. The molecule has 2 unspecified atom stereocenters. The smallest absolute Gasteiger partial charge is 0.312 e. The molecule has 1 N–H and O–H groups in total. The molecule has 0 bridgehead atoms. The van der Waals surface area contributed by atoms with Crippen LogP contribution in [-0.4, -0.2) is 33.4 Å². The van der Waals surface area contributed by atoms with E-state index in [-0.39, 0.29) is 41.2 Å². The Hall–Kier alpha value is -2.14. The van der Waals surface area contributed by atoms with Crippen LogP contribution >= 0.6 is 0 Å².